The van der Waals surface area contributed by atoms with Crippen LogP contribution in [0.15, 0.2) is 57.0 Å². The van der Waals surface area contributed by atoms with Gasteiger partial charge in [-0.05, 0) is 180 Å². The summed E-state index contributed by atoms with van der Waals surface area (Å²) in [6, 6.07) is 11.5. The molecule has 4 rings (SSSR count). The molecule has 0 spiro atoms. The van der Waals surface area contributed by atoms with Crippen LogP contribution >= 0.6 is 11.3 Å². The number of carbonyl (C=O) groups excluding carboxylic acids is 1. The van der Waals surface area contributed by atoms with Crippen LogP contribution in [0.4, 0.5) is 0 Å². The van der Waals surface area contributed by atoms with Gasteiger partial charge >= 0.3 is 0 Å². The zero-order chi connectivity index (χ0) is 50.8. The zero-order valence-electron chi connectivity index (χ0n) is 43.7. The molecule has 0 bridgehead atoms. The van der Waals surface area contributed by atoms with Crippen molar-refractivity contribution < 1.29 is 36.0 Å². The Balaban J connectivity index is 1.59. The standard InChI is InChI=1S/C51H90N2O8S3Si3/c1-15-53(45-31-37(2)63(55,56)48-44(45)33-47(62-48)64(52,57)58)46(54)26-22-17-16-21-25-42-40(35-50(5,6)66(11,12)60)32-41(36-51(7,8)67(13,14)61)43(42)30-29-39(34-49(3,4)65(9,10)59)28-27-38-23-19-18-20-24-38/h16,18-21,23-24,33,37,39-43,45,59-61H,15,17,22,25-32,34-36H2,1-14H3,(H2,52,57,58)/b21-16-/t37-,39+,40+,41-,42-,43-,45-/m0/s1. The summed E-state index contributed by atoms with van der Waals surface area (Å²) >= 11 is 0.674. The fourth-order valence-electron chi connectivity index (χ4n) is 10.8. The highest BCUT2D eigenvalue weighted by atomic mass is 32.3. The maximum absolute atomic E-state index is 13.9. The minimum Gasteiger partial charge on any atom is -0.432 e. The molecule has 1 saturated carbocycles. The quantitative estimate of drug-likeness (QED) is 0.0456. The third-order valence-electron chi connectivity index (χ3n) is 17.3. The maximum atomic E-state index is 13.9. The number of benzene rings is 1. The zero-order valence-corrected chi connectivity index (χ0v) is 49.1. The van der Waals surface area contributed by atoms with Gasteiger partial charge in [-0.3, -0.25) is 4.79 Å². The molecule has 0 radical (unpaired) electrons. The van der Waals surface area contributed by atoms with Crippen LogP contribution in [-0.2, 0) is 31.1 Å². The number of unbranched alkanes of at least 4 members (excludes halogenated alkanes) is 1. The number of primary sulfonamides is 1. The van der Waals surface area contributed by atoms with Crippen molar-refractivity contribution in [1.29, 1.82) is 0 Å². The van der Waals surface area contributed by atoms with Crippen LogP contribution < -0.4 is 5.14 Å². The van der Waals surface area contributed by atoms with Gasteiger partial charge in [-0.1, -0.05) is 90.4 Å². The second kappa shape index (κ2) is 22.1. The summed E-state index contributed by atoms with van der Waals surface area (Å²) in [4.78, 5) is 50.2. The molecule has 0 saturated heterocycles. The van der Waals surface area contributed by atoms with Gasteiger partial charge in [0.2, 0.25) is 15.9 Å². The van der Waals surface area contributed by atoms with E-state index >= 15 is 0 Å². The highest BCUT2D eigenvalue weighted by Gasteiger charge is 2.51. The Morgan fingerprint density at radius 2 is 1.42 bits per heavy atom. The van der Waals surface area contributed by atoms with Crippen molar-refractivity contribution in [1.82, 2.24) is 4.90 Å². The summed E-state index contributed by atoms with van der Waals surface area (Å²) < 4.78 is 50.9. The molecule has 1 aromatic carbocycles. The van der Waals surface area contributed by atoms with Gasteiger partial charge in [0.25, 0.3) is 0 Å². The molecule has 2 aliphatic rings. The molecule has 67 heavy (non-hydrogen) atoms. The summed E-state index contributed by atoms with van der Waals surface area (Å²) in [6.07, 6.45) is 15.5. The molecule has 16 heteroatoms. The third-order valence-corrected chi connectivity index (χ3v) is 33.2. The molecule has 1 aliphatic carbocycles. The molecular weight excluding hydrogens is 949 g/mol. The lowest BCUT2D eigenvalue weighted by Crippen LogP contribution is -2.41. The molecule has 2 heterocycles. The third kappa shape index (κ3) is 14.6. The van der Waals surface area contributed by atoms with Crippen molar-refractivity contribution in [3.8, 4) is 0 Å². The molecule has 10 nitrogen and oxygen atoms in total. The van der Waals surface area contributed by atoms with Crippen molar-refractivity contribution in [2.45, 2.75) is 213 Å². The largest absolute Gasteiger partial charge is 0.432 e. The van der Waals surface area contributed by atoms with E-state index in [1.54, 1.807) is 11.8 Å². The fraction of sp³-hybridized carbons (Fsp3) is 0.745. The van der Waals surface area contributed by atoms with E-state index in [2.05, 4.69) is 123 Å². The number of sulfonamides is 1. The Morgan fingerprint density at radius 1 is 0.866 bits per heavy atom. The summed E-state index contributed by atoms with van der Waals surface area (Å²) in [7, 11) is -15.4. The van der Waals surface area contributed by atoms with Gasteiger partial charge < -0.3 is 19.3 Å². The van der Waals surface area contributed by atoms with Crippen LogP contribution in [0, 0.1) is 29.6 Å². The molecule has 0 unspecified atom stereocenters. The van der Waals surface area contributed by atoms with Crippen LogP contribution in [0.1, 0.15) is 150 Å². The Bertz CT molecular complexity index is 2210. The van der Waals surface area contributed by atoms with Crippen molar-refractivity contribution >= 4 is 62.1 Å². The molecular formula is C51H90N2O8S3Si3. The summed E-state index contributed by atoms with van der Waals surface area (Å²) in [5.74, 6) is 2.03. The van der Waals surface area contributed by atoms with E-state index in [4.69, 9.17) is 5.14 Å². The molecule has 1 aliphatic heterocycles. The van der Waals surface area contributed by atoms with E-state index in [1.165, 1.54) is 11.6 Å². The summed E-state index contributed by atoms with van der Waals surface area (Å²) in [6.45, 7) is 29.9. The van der Waals surface area contributed by atoms with Crippen molar-refractivity contribution in [2.24, 2.45) is 34.7 Å². The molecule has 7 atom stereocenters. The van der Waals surface area contributed by atoms with Crippen LogP contribution in [0.25, 0.3) is 0 Å². The molecule has 382 valence electrons. The predicted molar refractivity (Wildman–Crippen MR) is 286 cm³/mol. The smallest absolute Gasteiger partial charge is 0.247 e. The number of nitrogens with zero attached hydrogens (tertiary/aromatic N) is 1. The summed E-state index contributed by atoms with van der Waals surface area (Å²) in [5.41, 5.74) is 1.69. The van der Waals surface area contributed by atoms with Gasteiger partial charge in [-0.15, -0.1) is 11.3 Å². The average molecular weight is 1040 g/mol. The first-order chi connectivity index (χ1) is 30.5. The van der Waals surface area contributed by atoms with E-state index in [0.29, 0.717) is 65.9 Å². The first kappa shape index (κ1) is 58.1. The normalized spacial score (nSPS) is 23.7. The number of thiophene rings is 1. The second-order valence-corrected chi connectivity index (χ2v) is 43.0. The minimum atomic E-state index is -4.12. The van der Waals surface area contributed by atoms with E-state index in [0.717, 1.165) is 57.8 Å². The maximum Gasteiger partial charge on any atom is 0.247 e. The number of aryl methyl sites for hydroxylation is 1. The van der Waals surface area contributed by atoms with E-state index in [1.807, 2.05) is 6.92 Å². The number of hydrogen-bond acceptors (Lipinski definition) is 9. The van der Waals surface area contributed by atoms with Crippen molar-refractivity contribution in [3.05, 3.63) is 59.7 Å². The van der Waals surface area contributed by atoms with Crippen LogP contribution in [0.5, 0.6) is 0 Å². The Hall–Kier alpha value is -1.48. The lowest BCUT2D eigenvalue weighted by molar-refractivity contribution is -0.133. The number of allylic oxidation sites excluding steroid dienone is 2. The van der Waals surface area contributed by atoms with Crippen molar-refractivity contribution in [2.75, 3.05) is 6.54 Å². The number of amides is 1. The topological polar surface area (TPSA) is 175 Å². The van der Waals surface area contributed by atoms with Crippen LogP contribution in [0.3, 0.4) is 0 Å². The van der Waals surface area contributed by atoms with Gasteiger partial charge in [0, 0.05) is 18.5 Å². The van der Waals surface area contributed by atoms with E-state index in [-0.39, 0.29) is 42.3 Å². The molecule has 2 aromatic rings. The Labute approximate surface area is 414 Å². The highest BCUT2D eigenvalue weighted by Crippen LogP contribution is 2.58. The number of nitrogens with two attached hydrogens (primary N) is 1. The molecule has 5 N–H and O–H groups in total. The highest BCUT2D eigenvalue weighted by molar-refractivity contribution is 7.95. The first-order valence-corrected chi connectivity index (χ1v) is 37.8. The summed E-state index contributed by atoms with van der Waals surface area (Å²) in [5, 5.41) is 4.15. The SMILES string of the molecule is CCN(C(=O)CCC/C=C\C[C@H]1[C@@H](CC(C)(C)[Si](C)(C)O)C[C@@H](CC(C)(C)[Si](C)(C)O)[C@@H]1CC[C@@H](CCc1ccccc1)CC(C)(C)[Si](C)(C)O)[C@H]1C[C@H](C)S(=O)(=O)c2sc(S(N)(=O)=O)cc21. The van der Waals surface area contributed by atoms with Gasteiger partial charge in [0.05, 0.1) is 11.3 Å². The number of sulfone groups is 1. The monoisotopic (exact) mass is 1040 g/mol. The first-order valence-electron chi connectivity index (χ1n) is 25.1. The lowest BCUT2D eigenvalue weighted by Gasteiger charge is -2.40. The number of rotatable bonds is 24. The van der Waals surface area contributed by atoms with Gasteiger partial charge in [-0.2, -0.15) is 0 Å². The van der Waals surface area contributed by atoms with Crippen LogP contribution in [-0.4, -0.2) is 78.8 Å². The number of hydrogen-bond donors (Lipinski definition) is 4. The number of carbonyl (C=O) groups is 1. The van der Waals surface area contributed by atoms with Gasteiger partial charge in [0.1, 0.15) is 8.42 Å². The van der Waals surface area contributed by atoms with Gasteiger partial charge in [-0.25, -0.2) is 22.0 Å². The molecule has 1 amide bonds. The predicted octanol–water partition coefficient (Wildman–Crippen LogP) is 12.0. The van der Waals surface area contributed by atoms with E-state index in [9.17, 15) is 36.0 Å². The Kier molecular flexibility index (Phi) is 19.2. The molecule has 1 aromatic heterocycles. The average Bonchev–Trinajstić information content (AvgIpc) is 3.78. The number of fused-ring (bicyclic) bond motifs is 1. The van der Waals surface area contributed by atoms with Crippen LogP contribution in [0.2, 0.25) is 54.4 Å². The lowest BCUT2D eigenvalue weighted by atomic mass is 9.75. The second-order valence-electron chi connectivity index (χ2n) is 24.2. The van der Waals surface area contributed by atoms with E-state index < -0.39 is 56.1 Å². The Morgan fingerprint density at radius 3 is 1.94 bits per heavy atom. The fourth-order valence-corrected chi connectivity index (χ4v) is 17.5. The van der Waals surface area contributed by atoms with Gasteiger partial charge in [0.15, 0.2) is 34.8 Å². The molecule has 1 fully saturated rings. The van der Waals surface area contributed by atoms with Crippen molar-refractivity contribution in [3.63, 3.8) is 0 Å². The minimum absolute atomic E-state index is 0.0125.